The van der Waals surface area contributed by atoms with Crippen molar-refractivity contribution < 1.29 is 46.4 Å². The molecule has 0 aliphatic rings. The SMILES string of the molecule is CC(C)OP(=O)(O)OP(=O)(O)OP(=O)(O)O. The van der Waals surface area contributed by atoms with Crippen LogP contribution in [-0.2, 0) is 26.8 Å². The molecule has 0 radical (unpaired) electrons. The molecule has 0 aromatic rings. The zero-order valence-corrected chi connectivity index (χ0v) is 10.8. The highest BCUT2D eigenvalue weighted by atomic mass is 31.3. The standard InChI is InChI=1S/C3H11O10P3/c1-3(2)11-15(7,8)13-16(9,10)12-14(4,5)6/h3H,1-2H3,(H,7,8)(H,9,10)(H2,4,5,6). The second-order valence-corrected chi connectivity index (χ2v) is 7.12. The molecule has 0 aliphatic heterocycles. The normalized spacial score (nSPS) is 20.4. The summed E-state index contributed by atoms with van der Waals surface area (Å²) in [6.45, 7) is 2.66. The van der Waals surface area contributed by atoms with Gasteiger partial charge in [0.25, 0.3) is 0 Å². The van der Waals surface area contributed by atoms with Crippen molar-refractivity contribution in [2.45, 2.75) is 20.0 Å². The van der Waals surface area contributed by atoms with Gasteiger partial charge in [-0.2, -0.15) is 8.62 Å². The minimum Gasteiger partial charge on any atom is -0.302 e. The van der Waals surface area contributed by atoms with Crippen LogP contribution in [0.15, 0.2) is 0 Å². The van der Waals surface area contributed by atoms with E-state index in [9.17, 15) is 13.7 Å². The first-order chi connectivity index (χ1) is 6.83. The van der Waals surface area contributed by atoms with E-state index in [1.807, 2.05) is 0 Å². The molecule has 0 saturated heterocycles. The smallest absolute Gasteiger partial charge is 0.302 e. The number of hydrogen-bond donors (Lipinski definition) is 4. The minimum atomic E-state index is -5.39. The van der Waals surface area contributed by atoms with Crippen molar-refractivity contribution in [1.82, 2.24) is 0 Å². The summed E-state index contributed by atoms with van der Waals surface area (Å²) in [6.07, 6.45) is -0.814. The van der Waals surface area contributed by atoms with E-state index < -0.39 is 29.6 Å². The lowest BCUT2D eigenvalue weighted by Crippen LogP contribution is -2.02. The fourth-order valence-corrected chi connectivity index (χ4v) is 3.76. The van der Waals surface area contributed by atoms with Gasteiger partial charge in [-0.3, -0.25) is 4.52 Å². The third-order valence-corrected chi connectivity index (χ3v) is 4.78. The summed E-state index contributed by atoms with van der Waals surface area (Å²) in [4.78, 5) is 34.0. The molecule has 0 aromatic heterocycles. The molecule has 0 bridgehead atoms. The first-order valence-corrected chi connectivity index (χ1v) is 8.17. The fourth-order valence-electron chi connectivity index (χ4n) is 0.565. The van der Waals surface area contributed by atoms with Crippen molar-refractivity contribution in [3.63, 3.8) is 0 Å². The molecule has 0 rings (SSSR count). The van der Waals surface area contributed by atoms with E-state index in [1.165, 1.54) is 13.8 Å². The van der Waals surface area contributed by atoms with Crippen molar-refractivity contribution in [3.05, 3.63) is 0 Å². The Balaban J connectivity index is 4.65. The molecule has 4 N–H and O–H groups in total. The number of phosphoric ester groups is 1. The molecule has 0 aromatic carbocycles. The van der Waals surface area contributed by atoms with E-state index in [1.54, 1.807) is 0 Å². The van der Waals surface area contributed by atoms with Gasteiger partial charge in [0.05, 0.1) is 6.10 Å². The zero-order chi connectivity index (χ0) is 13.2. The molecule has 16 heavy (non-hydrogen) atoms. The average Bonchev–Trinajstić information content (AvgIpc) is 1.69. The average molecular weight is 300 g/mol. The number of rotatable bonds is 6. The van der Waals surface area contributed by atoms with Gasteiger partial charge in [0, 0.05) is 0 Å². The van der Waals surface area contributed by atoms with Gasteiger partial charge in [-0.25, -0.2) is 13.7 Å². The summed E-state index contributed by atoms with van der Waals surface area (Å²) in [5.41, 5.74) is 0. The van der Waals surface area contributed by atoms with Crippen LogP contribution in [0.3, 0.4) is 0 Å². The van der Waals surface area contributed by atoms with Crippen LogP contribution in [0.25, 0.3) is 0 Å². The van der Waals surface area contributed by atoms with Gasteiger partial charge in [-0.05, 0) is 13.8 Å². The van der Waals surface area contributed by atoms with Crippen LogP contribution in [0.5, 0.6) is 0 Å². The lowest BCUT2D eigenvalue weighted by Gasteiger charge is -2.17. The Bertz CT molecular complexity index is 368. The Morgan fingerprint density at radius 2 is 1.31 bits per heavy atom. The van der Waals surface area contributed by atoms with Crippen LogP contribution in [0.2, 0.25) is 0 Å². The molecule has 2 unspecified atom stereocenters. The van der Waals surface area contributed by atoms with Gasteiger partial charge in [-0.15, -0.1) is 0 Å². The van der Waals surface area contributed by atoms with Crippen molar-refractivity contribution in [2.24, 2.45) is 0 Å². The third-order valence-electron chi connectivity index (χ3n) is 0.760. The van der Waals surface area contributed by atoms with Gasteiger partial charge in [0.15, 0.2) is 0 Å². The van der Waals surface area contributed by atoms with Crippen molar-refractivity contribution >= 4 is 23.5 Å². The lowest BCUT2D eigenvalue weighted by atomic mass is 10.5. The molecule has 0 heterocycles. The molecule has 0 saturated carbocycles. The summed E-state index contributed by atoms with van der Waals surface area (Å²) < 4.78 is 43.1. The Morgan fingerprint density at radius 1 is 0.875 bits per heavy atom. The van der Waals surface area contributed by atoms with Crippen LogP contribution >= 0.6 is 23.5 Å². The first kappa shape index (κ1) is 16.4. The van der Waals surface area contributed by atoms with Crippen molar-refractivity contribution in [1.29, 1.82) is 0 Å². The predicted octanol–water partition coefficient (Wildman–Crippen LogP) is 0.738. The monoisotopic (exact) mass is 300 g/mol. The minimum absolute atomic E-state index is 0.814. The van der Waals surface area contributed by atoms with E-state index in [0.29, 0.717) is 0 Å². The molecule has 13 heteroatoms. The maximum Gasteiger partial charge on any atom is 0.490 e. The van der Waals surface area contributed by atoms with Gasteiger partial charge in [0.1, 0.15) is 0 Å². The predicted molar refractivity (Wildman–Crippen MR) is 50.1 cm³/mol. The highest BCUT2D eigenvalue weighted by molar-refractivity contribution is 7.66. The Labute approximate surface area is 90.6 Å². The second kappa shape index (κ2) is 5.37. The summed E-state index contributed by atoms with van der Waals surface area (Å²) >= 11 is 0. The largest absolute Gasteiger partial charge is 0.490 e. The van der Waals surface area contributed by atoms with Crippen LogP contribution in [-0.4, -0.2) is 25.7 Å². The third kappa shape index (κ3) is 8.55. The maximum atomic E-state index is 11.0. The summed E-state index contributed by atoms with van der Waals surface area (Å²) in [6, 6.07) is 0. The van der Waals surface area contributed by atoms with Crippen LogP contribution in [0.1, 0.15) is 13.8 Å². The topological polar surface area (TPSA) is 160 Å². The highest BCUT2D eigenvalue weighted by Gasteiger charge is 2.40. The quantitative estimate of drug-likeness (QED) is 0.515. The van der Waals surface area contributed by atoms with Crippen LogP contribution in [0.4, 0.5) is 0 Å². The Morgan fingerprint density at radius 3 is 1.62 bits per heavy atom. The van der Waals surface area contributed by atoms with Gasteiger partial charge in [0.2, 0.25) is 0 Å². The number of hydrogen-bond acceptors (Lipinski definition) is 6. The molecule has 0 amide bonds. The van der Waals surface area contributed by atoms with Crippen molar-refractivity contribution in [3.8, 4) is 0 Å². The lowest BCUT2D eigenvalue weighted by molar-refractivity contribution is 0.144. The van der Waals surface area contributed by atoms with E-state index in [-0.39, 0.29) is 0 Å². The summed E-state index contributed by atoms with van der Waals surface area (Å²) in [5.74, 6) is 0. The summed E-state index contributed by atoms with van der Waals surface area (Å²) in [7, 11) is -15.7. The zero-order valence-electron chi connectivity index (χ0n) is 8.16. The maximum absolute atomic E-state index is 11.0. The molecule has 10 nitrogen and oxygen atoms in total. The highest BCUT2D eigenvalue weighted by Crippen LogP contribution is 2.66. The molecular weight excluding hydrogens is 289 g/mol. The molecule has 0 aliphatic carbocycles. The van der Waals surface area contributed by atoms with Gasteiger partial charge in [-0.1, -0.05) is 0 Å². The second-order valence-electron chi connectivity index (χ2n) is 2.75. The molecule has 2 atom stereocenters. The van der Waals surface area contributed by atoms with Crippen molar-refractivity contribution in [2.75, 3.05) is 0 Å². The first-order valence-electron chi connectivity index (χ1n) is 3.65. The van der Waals surface area contributed by atoms with Gasteiger partial charge >= 0.3 is 23.5 Å². The molecule has 98 valence electrons. The van der Waals surface area contributed by atoms with E-state index in [0.717, 1.165) is 0 Å². The van der Waals surface area contributed by atoms with E-state index in [2.05, 4.69) is 13.1 Å². The van der Waals surface area contributed by atoms with Crippen LogP contribution < -0.4 is 0 Å². The van der Waals surface area contributed by atoms with Crippen LogP contribution in [0, 0.1) is 0 Å². The summed E-state index contributed by atoms with van der Waals surface area (Å²) in [5, 5.41) is 0. The molecule has 0 spiro atoms. The number of phosphoric acid groups is 3. The van der Waals surface area contributed by atoms with E-state index in [4.69, 9.17) is 19.6 Å². The Kier molecular flexibility index (Phi) is 5.51. The molecular formula is C3H11O10P3. The fraction of sp³-hybridized carbons (Fsp3) is 1.00. The van der Waals surface area contributed by atoms with Gasteiger partial charge < -0.3 is 19.6 Å². The molecule has 0 fully saturated rings. The Hall–Kier alpha value is 0.410. The van der Waals surface area contributed by atoms with E-state index >= 15 is 0 Å².